The molecule has 0 aliphatic carbocycles. The molecule has 0 aliphatic rings. The minimum absolute atomic E-state index is 0.294. The standard InChI is InChI=1S/C10H20N4O5/c1-13-7(8(15)16)5-19-9(17)6(11)3-2-4-14-10(12)18/h6-7,13H,2-5,11H2,1H3,(H,15,16)(H3,12,14,18)/t6-,7-/m0/s1. The quantitative estimate of drug-likeness (QED) is 0.240. The first-order valence-corrected chi connectivity index (χ1v) is 5.74. The molecule has 0 saturated heterocycles. The molecule has 0 fully saturated rings. The molecule has 2 amide bonds. The van der Waals surface area contributed by atoms with E-state index in [1.165, 1.54) is 7.05 Å². The van der Waals surface area contributed by atoms with Gasteiger partial charge in [-0.1, -0.05) is 0 Å². The lowest BCUT2D eigenvalue weighted by molar-refractivity contribution is -0.149. The van der Waals surface area contributed by atoms with Crippen molar-refractivity contribution in [2.75, 3.05) is 20.2 Å². The summed E-state index contributed by atoms with van der Waals surface area (Å²) < 4.78 is 4.78. The van der Waals surface area contributed by atoms with Crippen LogP contribution in [0.1, 0.15) is 12.8 Å². The molecule has 9 heteroatoms. The van der Waals surface area contributed by atoms with Crippen molar-refractivity contribution in [1.29, 1.82) is 0 Å². The zero-order valence-electron chi connectivity index (χ0n) is 10.7. The van der Waals surface area contributed by atoms with Crippen LogP contribution >= 0.6 is 0 Å². The van der Waals surface area contributed by atoms with Crippen LogP contribution in [0.4, 0.5) is 4.79 Å². The lowest BCUT2D eigenvalue weighted by Gasteiger charge is -2.14. The number of carbonyl (C=O) groups excluding carboxylic acids is 2. The zero-order chi connectivity index (χ0) is 14.8. The maximum Gasteiger partial charge on any atom is 0.324 e. The van der Waals surface area contributed by atoms with E-state index >= 15 is 0 Å². The number of ether oxygens (including phenoxy) is 1. The highest BCUT2D eigenvalue weighted by Crippen LogP contribution is 1.97. The first-order chi connectivity index (χ1) is 8.88. The Kier molecular flexibility index (Phi) is 8.22. The molecule has 0 saturated carbocycles. The number of esters is 1. The second kappa shape index (κ2) is 9.11. The lowest BCUT2D eigenvalue weighted by atomic mass is 10.1. The van der Waals surface area contributed by atoms with E-state index in [9.17, 15) is 14.4 Å². The summed E-state index contributed by atoms with van der Waals surface area (Å²) >= 11 is 0. The average Bonchev–Trinajstić information content (AvgIpc) is 2.34. The number of rotatable bonds is 9. The molecule has 0 rings (SSSR count). The van der Waals surface area contributed by atoms with Gasteiger partial charge in [-0.25, -0.2) is 4.79 Å². The Labute approximate surface area is 110 Å². The lowest BCUT2D eigenvalue weighted by Crippen LogP contribution is -2.41. The van der Waals surface area contributed by atoms with E-state index in [0.717, 1.165) is 0 Å². The molecular weight excluding hydrogens is 256 g/mol. The van der Waals surface area contributed by atoms with Crippen molar-refractivity contribution in [3.8, 4) is 0 Å². The predicted octanol–water partition coefficient (Wildman–Crippen LogP) is -2.02. The smallest absolute Gasteiger partial charge is 0.324 e. The average molecular weight is 276 g/mol. The highest BCUT2D eigenvalue weighted by Gasteiger charge is 2.20. The summed E-state index contributed by atoms with van der Waals surface area (Å²) in [5.74, 6) is -1.80. The fraction of sp³-hybridized carbons (Fsp3) is 0.700. The van der Waals surface area contributed by atoms with Crippen molar-refractivity contribution in [1.82, 2.24) is 10.6 Å². The van der Waals surface area contributed by atoms with Gasteiger partial charge in [0.1, 0.15) is 18.7 Å². The Hall–Kier alpha value is -1.87. The van der Waals surface area contributed by atoms with Crippen LogP contribution in [0.3, 0.4) is 0 Å². The van der Waals surface area contributed by atoms with Gasteiger partial charge in [-0.3, -0.25) is 9.59 Å². The summed E-state index contributed by atoms with van der Waals surface area (Å²) in [6, 6.07) is -2.47. The van der Waals surface area contributed by atoms with E-state index in [1.54, 1.807) is 0 Å². The first-order valence-electron chi connectivity index (χ1n) is 5.74. The molecule has 0 spiro atoms. The second-order valence-corrected chi connectivity index (χ2v) is 3.85. The molecule has 2 atom stereocenters. The highest BCUT2D eigenvalue weighted by molar-refractivity contribution is 5.77. The summed E-state index contributed by atoms with van der Waals surface area (Å²) in [5.41, 5.74) is 10.4. The molecule has 0 heterocycles. The Morgan fingerprint density at radius 1 is 1.37 bits per heavy atom. The van der Waals surface area contributed by atoms with E-state index in [4.69, 9.17) is 21.3 Å². The number of nitrogens with one attached hydrogen (secondary N) is 2. The Morgan fingerprint density at radius 2 is 2.00 bits per heavy atom. The van der Waals surface area contributed by atoms with Gasteiger partial charge in [-0.15, -0.1) is 0 Å². The van der Waals surface area contributed by atoms with Gasteiger partial charge in [-0.05, 0) is 19.9 Å². The molecule has 0 unspecified atom stereocenters. The van der Waals surface area contributed by atoms with Gasteiger partial charge in [0.15, 0.2) is 0 Å². The molecule has 0 aromatic rings. The number of carboxylic acid groups (broad SMARTS) is 1. The first kappa shape index (κ1) is 17.1. The van der Waals surface area contributed by atoms with Crippen molar-refractivity contribution < 1.29 is 24.2 Å². The normalized spacial score (nSPS) is 13.4. The minimum Gasteiger partial charge on any atom is -0.480 e. The number of likely N-dealkylation sites (N-methyl/N-ethyl adjacent to an activating group) is 1. The molecule has 0 aliphatic heterocycles. The largest absolute Gasteiger partial charge is 0.480 e. The van der Waals surface area contributed by atoms with Crippen LogP contribution in [0.5, 0.6) is 0 Å². The van der Waals surface area contributed by atoms with Crippen molar-refractivity contribution in [3.63, 3.8) is 0 Å². The third-order valence-electron chi connectivity index (χ3n) is 2.33. The molecule has 0 radical (unpaired) electrons. The number of carbonyl (C=O) groups is 3. The maximum atomic E-state index is 11.4. The molecule has 9 nitrogen and oxygen atoms in total. The van der Waals surface area contributed by atoms with Gasteiger partial charge < -0.3 is 31.9 Å². The summed E-state index contributed by atoms with van der Waals surface area (Å²) in [4.78, 5) is 32.5. The summed E-state index contributed by atoms with van der Waals surface area (Å²) in [6.45, 7) is 0.0164. The summed E-state index contributed by atoms with van der Waals surface area (Å²) in [5, 5.41) is 13.6. The van der Waals surface area contributed by atoms with Crippen molar-refractivity contribution >= 4 is 18.0 Å². The number of amides is 2. The number of primary amides is 1. The van der Waals surface area contributed by atoms with Crippen molar-refractivity contribution in [3.05, 3.63) is 0 Å². The van der Waals surface area contributed by atoms with Gasteiger partial charge in [0, 0.05) is 6.54 Å². The third kappa shape index (κ3) is 7.95. The summed E-state index contributed by atoms with van der Waals surface area (Å²) in [6.07, 6.45) is 0.768. The second-order valence-electron chi connectivity index (χ2n) is 3.85. The fourth-order valence-corrected chi connectivity index (χ4v) is 1.20. The Bertz CT molecular complexity index is 323. The van der Waals surface area contributed by atoms with Crippen LogP contribution in [0.25, 0.3) is 0 Å². The van der Waals surface area contributed by atoms with E-state index in [1.807, 2.05) is 0 Å². The predicted molar refractivity (Wildman–Crippen MR) is 66.2 cm³/mol. The topological polar surface area (TPSA) is 157 Å². The molecule has 110 valence electrons. The van der Waals surface area contributed by atoms with E-state index in [-0.39, 0.29) is 6.61 Å². The number of aliphatic carboxylic acids is 1. The van der Waals surface area contributed by atoms with E-state index in [0.29, 0.717) is 19.4 Å². The minimum atomic E-state index is -1.12. The van der Waals surface area contributed by atoms with Crippen LogP contribution in [-0.2, 0) is 14.3 Å². The van der Waals surface area contributed by atoms with E-state index < -0.39 is 30.1 Å². The van der Waals surface area contributed by atoms with Gasteiger partial charge in [0.05, 0.1) is 0 Å². The third-order valence-corrected chi connectivity index (χ3v) is 2.33. The highest BCUT2D eigenvalue weighted by atomic mass is 16.5. The maximum absolute atomic E-state index is 11.4. The van der Waals surface area contributed by atoms with Crippen LogP contribution in [0, 0.1) is 0 Å². The SMILES string of the molecule is CN[C@@H](COC(=O)[C@@H](N)CCCNC(N)=O)C(=O)O. The fourth-order valence-electron chi connectivity index (χ4n) is 1.20. The van der Waals surface area contributed by atoms with Crippen molar-refractivity contribution in [2.24, 2.45) is 11.5 Å². The number of urea groups is 1. The van der Waals surface area contributed by atoms with Gasteiger partial charge in [0.25, 0.3) is 0 Å². The molecule has 0 aromatic heterocycles. The van der Waals surface area contributed by atoms with E-state index in [2.05, 4.69) is 10.6 Å². The number of nitrogens with two attached hydrogens (primary N) is 2. The Balaban J connectivity index is 3.87. The van der Waals surface area contributed by atoms with Crippen molar-refractivity contribution in [2.45, 2.75) is 24.9 Å². The van der Waals surface area contributed by atoms with Gasteiger partial charge >= 0.3 is 18.0 Å². The number of carboxylic acids is 1. The van der Waals surface area contributed by atoms with Gasteiger partial charge in [-0.2, -0.15) is 0 Å². The molecule has 7 N–H and O–H groups in total. The van der Waals surface area contributed by atoms with Crippen LogP contribution in [0.15, 0.2) is 0 Å². The molecular formula is C10H20N4O5. The number of hydrogen-bond donors (Lipinski definition) is 5. The van der Waals surface area contributed by atoms with Crippen LogP contribution in [-0.4, -0.2) is 55.4 Å². The molecule has 0 bridgehead atoms. The number of hydrogen-bond acceptors (Lipinski definition) is 6. The molecule has 19 heavy (non-hydrogen) atoms. The van der Waals surface area contributed by atoms with Crippen LogP contribution in [0.2, 0.25) is 0 Å². The van der Waals surface area contributed by atoms with Crippen LogP contribution < -0.4 is 22.1 Å². The zero-order valence-corrected chi connectivity index (χ0v) is 10.7. The monoisotopic (exact) mass is 276 g/mol. The summed E-state index contributed by atoms with van der Waals surface area (Å²) in [7, 11) is 1.45. The van der Waals surface area contributed by atoms with Gasteiger partial charge in [0.2, 0.25) is 0 Å². The molecule has 0 aromatic carbocycles. The Morgan fingerprint density at radius 3 is 2.47 bits per heavy atom.